The number of carbonyl (C=O) groups is 4. The molecule has 58 heavy (non-hydrogen) atoms. The number of halogens is 1. The zero-order valence-electron chi connectivity index (χ0n) is 38.0. The Labute approximate surface area is 356 Å². The molecule has 0 radical (unpaired) electrons. The van der Waals surface area contributed by atoms with Crippen LogP contribution in [0.25, 0.3) is 6.08 Å². The first-order valence-electron chi connectivity index (χ1n) is 21.1. The Kier molecular flexibility index (Phi) is 22.1. The van der Waals surface area contributed by atoms with Crippen LogP contribution in [0.2, 0.25) is 0 Å². The van der Waals surface area contributed by atoms with Crippen LogP contribution in [0.15, 0.2) is 30.3 Å². The second-order valence-electron chi connectivity index (χ2n) is 18.7. The summed E-state index contributed by atoms with van der Waals surface area (Å²) in [7, 11) is 7.86. The molecule has 1 heterocycles. The third-order valence-corrected chi connectivity index (χ3v) is 11.6. The Hall–Kier alpha value is -3.15. The molecule has 1 aromatic carbocycles. The Morgan fingerprint density at radius 1 is 0.707 bits per heavy atom. The van der Waals surface area contributed by atoms with Gasteiger partial charge in [0.1, 0.15) is 31.1 Å². The number of fused-ring (bicyclic) bond motifs is 1. The molecule has 1 aromatic rings. The van der Waals surface area contributed by atoms with Gasteiger partial charge in [-0.3, -0.25) is 14.4 Å². The minimum absolute atomic E-state index is 0. The molecular formula is C46H76ClNO10. The lowest BCUT2D eigenvalue weighted by Crippen LogP contribution is -3.00. The number of ether oxygens (including phenoxy) is 6. The lowest BCUT2D eigenvalue weighted by Gasteiger charge is -2.30. The van der Waals surface area contributed by atoms with Gasteiger partial charge in [-0.25, -0.2) is 4.79 Å². The minimum Gasteiger partial charge on any atom is -1.00 e. The van der Waals surface area contributed by atoms with Gasteiger partial charge in [0.15, 0.2) is 0 Å². The van der Waals surface area contributed by atoms with Crippen molar-refractivity contribution in [1.82, 2.24) is 0 Å². The highest BCUT2D eigenvalue weighted by Crippen LogP contribution is 2.39. The predicted molar refractivity (Wildman–Crippen MR) is 223 cm³/mol. The molecule has 2 saturated carbocycles. The summed E-state index contributed by atoms with van der Waals surface area (Å²) in [6.07, 6.45) is 12.6. The molecule has 0 spiro atoms. The summed E-state index contributed by atoms with van der Waals surface area (Å²) in [4.78, 5) is 47.5. The molecule has 1 saturated heterocycles. The van der Waals surface area contributed by atoms with Crippen LogP contribution in [0.4, 0.5) is 0 Å². The van der Waals surface area contributed by atoms with Crippen LogP contribution in [-0.2, 0) is 42.9 Å². The number of esters is 4. The lowest BCUT2D eigenvalue weighted by molar-refractivity contribution is -0.870. The average molecular weight is 839 g/mol. The van der Waals surface area contributed by atoms with Gasteiger partial charge in [0.2, 0.25) is 0 Å². The predicted octanol–water partition coefficient (Wildman–Crippen LogP) is 5.75. The molecule has 3 aliphatic rings. The number of methoxy groups -OCH3 is 1. The van der Waals surface area contributed by atoms with Crippen LogP contribution in [0, 0.1) is 22.2 Å². The second-order valence-corrected chi connectivity index (χ2v) is 18.7. The molecule has 3 fully saturated rings. The van der Waals surface area contributed by atoms with Crippen molar-refractivity contribution in [1.29, 1.82) is 0 Å². The number of hydrogen-bond donors (Lipinski definition) is 0. The van der Waals surface area contributed by atoms with Crippen LogP contribution in [0.3, 0.4) is 0 Å². The fraction of sp³-hybridized carbons (Fsp3) is 0.739. The van der Waals surface area contributed by atoms with E-state index < -0.39 is 5.41 Å². The number of quaternary nitrogens is 1. The van der Waals surface area contributed by atoms with Crippen molar-refractivity contribution in [3.8, 4) is 5.75 Å². The maximum Gasteiger partial charge on any atom is 0.331 e. The quantitative estimate of drug-likeness (QED) is 0.0668. The van der Waals surface area contributed by atoms with Crippen molar-refractivity contribution in [2.45, 2.75) is 151 Å². The van der Waals surface area contributed by atoms with Crippen LogP contribution < -0.4 is 17.1 Å². The van der Waals surface area contributed by atoms with E-state index in [1.165, 1.54) is 6.08 Å². The maximum absolute atomic E-state index is 12.2. The fourth-order valence-corrected chi connectivity index (χ4v) is 5.73. The van der Waals surface area contributed by atoms with Crippen molar-refractivity contribution < 1.29 is 64.5 Å². The monoisotopic (exact) mass is 838 g/mol. The SMILES string of the molecule is CCC(C)(C)C(=O)OC1CCC(OC(=O)/C=C/c2ccc(OC)cc2)CC1.CCC(C)(C)C(=O)OCC1CCC2OC2C1.CCC(C)(C)C(=O)OCC[N+](C)(C)C.[Cl-]. The van der Waals surface area contributed by atoms with Gasteiger partial charge in [0, 0.05) is 6.08 Å². The van der Waals surface area contributed by atoms with Crippen LogP contribution in [-0.4, -0.2) is 101 Å². The summed E-state index contributed by atoms with van der Waals surface area (Å²) in [6.45, 7) is 19.5. The highest BCUT2D eigenvalue weighted by atomic mass is 35.5. The van der Waals surface area contributed by atoms with E-state index in [4.69, 9.17) is 28.4 Å². The Morgan fingerprint density at radius 2 is 1.21 bits per heavy atom. The second kappa shape index (κ2) is 24.2. The van der Waals surface area contributed by atoms with Crippen LogP contribution in [0.1, 0.15) is 132 Å². The van der Waals surface area contributed by atoms with Gasteiger partial charge >= 0.3 is 23.9 Å². The average Bonchev–Trinajstić information content (AvgIpc) is 3.96. The van der Waals surface area contributed by atoms with Crippen molar-refractivity contribution in [2.75, 3.05) is 48.0 Å². The number of rotatable bonds is 16. The zero-order valence-corrected chi connectivity index (χ0v) is 38.7. The summed E-state index contributed by atoms with van der Waals surface area (Å²) in [6, 6.07) is 7.43. The normalized spacial score (nSPS) is 21.6. The first-order chi connectivity index (χ1) is 26.5. The highest BCUT2D eigenvalue weighted by Gasteiger charge is 2.44. The van der Waals surface area contributed by atoms with Gasteiger partial charge in [-0.2, -0.15) is 0 Å². The number of epoxide rings is 1. The summed E-state index contributed by atoms with van der Waals surface area (Å²) in [5.74, 6) is 0.642. The van der Waals surface area contributed by atoms with E-state index in [-0.39, 0.29) is 59.3 Å². The van der Waals surface area contributed by atoms with E-state index in [0.29, 0.717) is 44.2 Å². The van der Waals surface area contributed by atoms with Crippen molar-refractivity contribution in [2.24, 2.45) is 22.2 Å². The Bertz CT molecular complexity index is 1440. The van der Waals surface area contributed by atoms with Gasteiger partial charge < -0.3 is 45.3 Å². The molecule has 1 aliphatic heterocycles. The zero-order chi connectivity index (χ0) is 43.0. The molecule has 332 valence electrons. The third-order valence-electron chi connectivity index (χ3n) is 11.6. The van der Waals surface area contributed by atoms with Gasteiger partial charge in [-0.05, 0) is 135 Å². The lowest BCUT2D eigenvalue weighted by atomic mass is 9.89. The summed E-state index contributed by atoms with van der Waals surface area (Å²) in [5.41, 5.74) is -0.227. The summed E-state index contributed by atoms with van der Waals surface area (Å²) >= 11 is 0. The molecule has 3 unspecified atom stereocenters. The van der Waals surface area contributed by atoms with Crippen molar-refractivity contribution in [3.05, 3.63) is 35.9 Å². The molecule has 2 aliphatic carbocycles. The van der Waals surface area contributed by atoms with Crippen LogP contribution >= 0.6 is 0 Å². The van der Waals surface area contributed by atoms with E-state index in [2.05, 4.69) is 21.1 Å². The summed E-state index contributed by atoms with van der Waals surface area (Å²) < 4.78 is 33.1. The van der Waals surface area contributed by atoms with Gasteiger partial charge in [0.25, 0.3) is 0 Å². The Balaban J connectivity index is 0.000000465. The van der Waals surface area contributed by atoms with E-state index in [1.807, 2.05) is 86.6 Å². The van der Waals surface area contributed by atoms with Crippen LogP contribution in [0.5, 0.6) is 5.75 Å². The molecular weight excluding hydrogens is 762 g/mol. The molecule has 12 heteroatoms. The molecule has 3 atom stereocenters. The van der Waals surface area contributed by atoms with Gasteiger partial charge in [0.05, 0.1) is 63.3 Å². The van der Waals surface area contributed by atoms with E-state index in [0.717, 1.165) is 73.7 Å². The van der Waals surface area contributed by atoms with E-state index in [1.54, 1.807) is 13.2 Å². The van der Waals surface area contributed by atoms with Gasteiger partial charge in [-0.15, -0.1) is 0 Å². The van der Waals surface area contributed by atoms with E-state index in [9.17, 15) is 19.2 Å². The molecule has 0 aromatic heterocycles. The largest absolute Gasteiger partial charge is 1.00 e. The highest BCUT2D eigenvalue weighted by molar-refractivity contribution is 5.87. The molecule has 0 N–H and O–H groups in total. The van der Waals surface area contributed by atoms with Gasteiger partial charge in [-0.1, -0.05) is 32.9 Å². The number of hydrogen-bond acceptors (Lipinski definition) is 10. The number of carbonyl (C=O) groups excluding carboxylic acids is 4. The van der Waals surface area contributed by atoms with Crippen molar-refractivity contribution in [3.63, 3.8) is 0 Å². The summed E-state index contributed by atoms with van der Waals surface area (Å²) in [5, 5.41) is 0. The maximum atomic E-state index is 12.2. The minimum atomic E-state index is -0.449. The first-order valence-corrected chi connectivity index (χ1v) is 21.1. The smallest absolute Gasteiger partial charge is 0.331 e. The molecule has 0 amide bonds. The molecule has 11 nitrogen and oxygen atoms in total. The first kappa shape index (κ1) is 52.9. The fourth-order valence-electron chi connectivity index (χ4n) is 5.73. The van der Waals surface area contributed by atoms with E-state index >= 15 is 0 Å². The van der Waals surface area contributed by atoms with Crippen molar-refractivity contribution >= 4 is 30.0 Å². The third kappa shape index (κ3) is 19.3. The number of likely N-dealkylation sites (N-methyl/N-ethyl adjacent to an activating group) is 1. The molecule has 4 rings (SSSR count). The standard InChI is InChI=1S/C22H30O5.C13H22O3.C11H24NO2.ClH/c1-5-22(2,3)21(24)27-19-13-11-18(12-14-19)26-20(23)15-8-16-6-9-17(25-4)10-7-16;1-4-13(2,3)12(14)15-8-9-5-6-10-11(7-9)16-10;1-7-11(2,3)10(13)14-9-8-12(4,5)6;/h6-10,15,18-19H,5,11-14H2,1-4H3;9-11H,4-8H2,1-3H3;7-9H2,1-6H3;1H/q;;+1;/p-1/b15-8+;;;. The topological polar surface area (TPSA) is 127 Å². The molecule has 0 bridgehead atoms. The number of benzene rings is 1. The Morgan fingerprint density at radius 3 is 1.69 bits per heavy atom. The number of nitrogens with zero attached hydrogens (tertiary/aromatic N) is 1.